The van der Waals surface area contributed by atoms with Gasteiger partial charge < -0.3 is 0 Å². The third kappa shape index (κ3) is 2.69. The van der Waals surface area contributed by atoms with Crippen LogP contribution in [0.2, 0.25) is 0 Å². The molecule has 80 valence electrons. The molecule has 0 aliphatic carbocycles. The van der Waals surface area contributed by atoms with Gasteiger partial charge in [0.05, 0.1) is 0 Å². The normalized spacial score (nSPS) is 12.1. The van der Waals surface area contributed by atoms with Gasteiger partial charge in [0.2, 0.25) is 0 Å². The second-order valence-electron chi connectivity index (χ2n) is 4.22. The number of hydrogen-bond acceptors (Lipinski definition) is 1. The monoisotopic (exact) mass is 326 g/mol. The van der Waals surface area contributed by atoms with Gasteiger partial charge >= 0.3 is 0 Å². The maximum absolute atomic E-state index is 13.7. The second kappa shape index (κ2) is 4.92. The summed E-state index contributed by atoms with van der Waals surface area (Å²) in [6.45, 7) is 6.43. The average Bonchev–Trinajstić information content (AvgIpc) is 2.45. The Bertz CT molecular complexity index is 304. The van der Waals surface area contributed by atoms with E-state index >= 15 is 0 Å². The van der Waals surface area contributed by atoms with Crippen LogP contribution in [-0.4, -0.2) is 0 Å². The van der Waals surface area contributed by atoms with E-state index in [1.807, 2.05) is 5.38 Å². The molecule has 0 atom stereocenters. The molecular weight excluding hydrogens is 310 g/mol. The van der Waals surface area contributed by atoms with E-state index in [0.717, 1.165) is 14.9 Å². The van der Waals surface area contributed by atoms with Crippen molar-refractivity contribution < 1.29 is 4.39 Å². The number of rotatable bonds is 4. The molecule has 0 fully saturated rings. The maximum atomic E-state index is 13.7. The van der Waals surface area contributed by atoms with Crippen molar-refractivity contribution >= 4 is 33.9 Å². The summed E-state index contributed by atoms with van der Waals surface area (Å²) >= 11 is 3.57. The Hall–Kier alpha value is 0.360. The SMILES string of the molecule is CCCCC(C)(C)c1csc(I)c1F. The zero-order chi connectivity index (χ0) is 10.8. The maximum Gasteiger partial charge on any atom is 0.151 e. The first-order valence-electron chi connectivity index (χ1n) is 4.92. The lowest BCUT2D eigenvalue weighted by atomic mass is 9.81. The highest BCUT2D eigenvalue weighted by atomic mass is 127. The molecule has 1 aromatic heterocycles. The summed E-state index contributed by atoms with van der Waals surface area (Å²) in [7, 11) is 0. The van der Waals surface area contributed by atoms with Crippen molar-refractivity contribution in [3.05, 3.63) is 19.6 Å². The quantitative estimate of drug-likeness (QED) is 0.686. The Morgan fingerprint density at radius 1 is 1.50 bits per heavy atom. The van der Waals surface area contributed by atoms with Crippen LogP contribution >= 0.6 is 33.9 Å². The summed E-state index contributed by atoms with van der Waals surface area (Å²) in [5, 5.41) is 1.97. The lowest BCUT2D eigenvalue weighted by molar-refractivity contribution is 0.435. The van der Waals surface area contributed by atoms with Crippen LogP contribution in [0.4, 0.5) is 4.39 Å². The predicted molar refractivity (Wildman–Crippen MR) is 69.5 cm³/mol. The van der Waals surface area contributed by atoms with Gasteiger partial charge in [-0.2, -0.15) is 0 Å². The van der Waals surface area contributed by atoms with Crippen LogP contribution in [0.25, 0.3) is 0 Å². The van der Waals surface area contributed by atoms with Crippen LogP contribution in [0.15, 0.2) is 5.38 Å². The Labute approximate surface area is 103 Å². The van der Waals surface area contributed by atoms with E-state index in [-0.39, 0.29) is 11.2 Å². The average molecular weight is 326 g/mol. The van der Waals surface area contributed by atoms with Crippen molar-refractivity contribution in [3.63, 3.8) is 0 Å². The molecule has 0 amide bonds. The molecule has 0 N–H and O–H groups in total. The fraction of sp³-hybridized carbons (Fsp3) is 0.636. The molecule has 0 aliphatic rings. The van der Waals surface area contributed by atoms with Gasteiger partial charge in [-0.25, -0.2) is 4.39 Å². The van der Waals surface area contributed by atoms with E-state index in [1.54, 1.807) is 0 Å². The molecule has 1 rings (SSSR count). The van der Waals surface area contributed by atoms with Crippen LogP contribution in [-0.2, 0) is 5.41 Å². The van der Waals surface area contributed by atoms with E-state index in [0.29, 0.717) is 0 Å². The van der Waals surface area contributed by atoms with Gasteiger partial charge in [-0.15, -0.1) is 11.3 Å². The summed E-state index contributed by atoms with van der Waals surface area (Å²) in [4.78, 5) is 0. The van der Waals surface area contributed by atoms with E-state index < -0.39 is 0 Å². The van der Waals surface area contributed by atoms with Gasteiger partial charge in [0, 0.05) is 5.56 Å². The highest BCUT2D eigenvalue weighted by molar-refractivity contribution is 14.1. The van der Waals surface area contributed by atoms with Crippen molar-refractivity contribution in [2.45, 2.75) is 45.4 Å². The summed E-state index contributed by atoms with van der Waals surface area (Å²) in [5.74, 6) is -0.00305. The molecule has 0 nitrogen and oxygen atoms in total. The lowest BCUT2D eigenvalue weighted by Gasteiger charge is -2.23. The zero-order valence-electron chi connectivity index (χ0n) is 8.86. The second-order valence-corrected chi connectivity index (χ2v) is 6.91. The number of halogens is 2. The molecule has 0 bridgehead atoms. The van der Waals surface area contributed by atoms with Gasteiger partial charge in [-0.3, -0.25) is 0 Å². The van der Waals surface area contributed by atoms with Gasteiger partial charge in [0.15, 0.2) is 5.82 Å². The van der Waals surface area contributed by atoms with Crippen molar-refractivity contribution in [3.8, 4) is 0 Å². The largest absolute Gasteiger partial charge is 0.205 e. The van der Waals surface area contributed by atoms with Gasteiger partial charge in [-0.05, 0) is 39.8 Å². The molecule has 0 spiro atoms. The Morgan fingerprint density at radius 3 is 2.57 bits per heavy atom. The Balaban J connectivity index is 2.86. The molecule has 14 heavy (non-hydrogen) atoms. The van der Waals surface area contributed by atoms with E-state index in [2.05, 4.69) is 43.4 Å². The molecule has 3 heteroatoms. The molecule has 1 heterocycles. The van der Waals surface area contributed by atoms with Crippen LogP contribution in [0.1, 0.15) is 45.6 Å². The third-order valence-electron chi connectivity index (χ3n) is 2.57. The van der Waals surface area contributed by atoms with Crippen molar-refractivity contribution in [1.29, 1.82) is 0 Å². The number of hydrogen-bond donors (Lipinski definition) is 0. The van der Waals surface area contributed by atoms with Gasteiger partial charge in [0.25, 0.3) is 0 Å². The fourth-order valence-corrected chi connectivity index (χ4v) is 3.06. The molecular formula is C11H16FIS. The topological polar surface area (TPSA) is 0 Å². The first-order valence-corrected chi connectivity index (χ1v) is 6.88. The summed E-state index contributed by atoms with van der Waals surface area (Å²) < 4.78 is 14.5. The van der Waals surface area contributed by atoms with E-state index in [4.69, 9.17) is 0 Å². The molecule has 1 aromatic rings. The highest BCUT2D eigenvalue weighted by Crippen LogP contribution is 2.35. The summed E-state index contributed by atoms with van der Waals surface area (Å²) in [6, 6.07) is 0. The Kier molecular flexibility index (Phi) is 4.37. The molecule has 0 aromatic carbocycles. The highest BCUT2D eigenvalue weighted by Gasteiger charge is 2.25. The smallest absolute Gasteiger partial charge is 0.151 e. The number of thiophene rings is 1. The molecule has 0 unspecified atom stereocenters. The van der Waals surface area contributed by atoms with Crippen LogP contribution in [0.5, 0.6) is 0 Å². The molecule has 0 radical (unpaired) electrons. The molecule has 0 aliphatic heterocycles. The fourth-order valence-electron chi connectivity index (χ4n) is 1.53. The third-order valence-corrected chi connectivity index (χ3v) is 4.55. The minimum absolute atomic E-state index is 0.00305. The van der Waals surface area contributed by atoms with Crippen molar-refractivity contribution in [2.75, 3.05) is 0 Å². The lowest BCUT2D eigenvalue weighted by Crippen LogP contribution is -2.17. The number of unbranched alkanes of at least 4 members (excludes halogenated alkanes) is 1. The standard InChI is InChI=1S/C11H16FIS/c1-4-5-6-11(2,3)8-7-14-10(13)9(8)12/h7H,4-6H2,1-3H3. The Morgan fingerprint density at radius 2 is 2.14 bits per heavy atom. The van der Waals surface area contributed by atoms with Crippen molar-refractivity contribution in [2.24, 2.45) is 0 Å². The predicted octanol–water partition coefficient (Wildman–Crippen LogP) is 4.96. The van der Waals surface area contributed by atoms with Crippen LogP contribution in [0.3, 0.4) is 0 Å². The molecule has 0 saturated carbocycles. The van der Waals surface area contributed by atoms with E-state index in [1.165, 1.54) is 24.2 Å². The first kappa shape index (κ1) is 12.4. The van der Waals surface area contributed by atoms with Crippen LogP contribution in [0, 0.1) is 8.70 Å². The van der Waals surface area contributed by atoms with Crippen LogP contribution < -0.4 is 0 Å². The van der Waals surface area contributed by atoms with Crippen molar-refractivity contribution in [1.82, 2.24) is 0 Å². The minimum Gasteiger partial charge on any atom is -0.205 e. The van der Waals surface area contributed by atoms with Gasteiger partial charge in [-0.1, -0.05) is 33.6 Å². The minimum atomic E-state index is -0.0139. The van der Waals surface area contributed by atoms with Gasteiger partial charge in [0.1, 0.15) is 2.88 Å². The summed E-state index contributed by atoms with van der Waals surface area (Å²) in [5.41, 5.74) is 0.875. The molecule has 0 saturated heterocycles. The summed E-state index contributed by atoms with van der Waals surface area (Å²) in [6.07, 6.45) is 3.40. The zero-order valence-corrected chi connectivity index (χ0v) is 11.8. The first-order chi connectivity index (χ1) is 6.49. The van der Waals surface area contributed by atoms with E-state index in [9.17, 15) is 4.39 Å².